The Bertz CT molecular complexity index is 1310. The fourth-order valence-electron chi connectivity index (χ4n) is 4.35. The van der Waals surface area contributed by atoms with Crippen LogP contribution in [0.1, 0.15) is 50.3 Å². The Morgan fingerprint density at radius 2 is 1.76 bits per heavy atom. The van der Waals surface area contributed by atoms with E-state index >= 15 is 0 Å². The van der Waals surface area contributed by atoms with Gasteiger partial charge in [-0.05, 0) is 60.4 Å². The first-order valence-electron chi connectivity index (χ1n) is 11.5. The summed E-state index contributed by atoms with van der Waals surface area (Å²) < 4.78 is 70.4. The van der Waals surface area contributed by atoms with Crippen molar-refractivity contribution in [3.05, 3.63) is 59.3 Å². The molecule has 1 aromatic heterocycles. The highest BCUT2D eigenvalue weighted by atomic mass is 32.2. The SMILES string of the molecule is Cc1ccc(-c2ccc3c(CCNS(=O)(=O)C4CC4)cn(CC(C)(C)C)c3c2)c(C(F)(F)F)c1. The molecular formula is C26H31F3N2O2S. The summed E-state index contributed by atoms with van der Waals surface area (Å²) in [6, 6.07) is 9.81. The molecule has 0 spiro atoms. The number of aryl methyl sites for hydroxylation is 1. The Hall–Kier alpha value is -2.32. The molecule has 4 nitrogen and oxygen atoms in total. The summed E-state index contributed by atoms with van der Waals surface area (Å²) in [5, 5.41) is 0.661. The number of nitrogens with zero attached hydrogens (tertiary/aromatic N) is 1. The Balaban J connectivity index is 1.73. The van der Waals surface area contributed by atoms with E-state index in [0.717, 1.165) is 16.5 Å². The predicted molar refractivity (Wildman–Crippen MR) is 130 cm³/mol. The average Bonchev–Trinajstić information content (AvgIpc) is 3.52. The maximum absolute atomic E-state index is 13.8. The molecule has 1 heterocycles. The van der Waals surface area contributed by atoms with Crippen molar-refractivity contribution in [3.63, 3.8) is 0 Å². The molecule has 8 heteroatoms. The van der Waals surface area contributed by atoms with Gasteiger partial charge >= 0.3 is 6.18 Å². The zero-order valence-corrected chi connectivity index (χ0v) is 20.8. The van der Waals surface area contributed by atoms with Crippen LogP contribution >= 0.6 is 0 Å². The number of rotatable bonds is 7. The number of aromatic nitrogens is 1. The van der Waals surface area contributed by atoms with Crippen molar-refractivity contribution in [2.75, 3.05) is 6.54 Å². The lowest BCUT2D eigenvalue weighted by molar-refractivity contribution is -0.137. The van der Waals surface area contributed by atoms with Crippen LogP contribution in [0.5, 0.6) is 0 Å². The third kappa shape index (κ3) is 5.49. The highest BCUT2D eigenvalue weighted by Gasteiger charge is 2.35. The van der Waals surface area contributed by atoms with Gasteiger partial charge in [-0.15, -0.1) is 0 Å². The Morgan fingerprint density at radius 1 is 1.06 bits per heavy atom. The van der Waals surface area contributed by atoms with E-state index in [1.165, 1.54) is 12.1 Å². The van der Waals surface area contributed by atoms with Crippen LogP contribution in [0, 0.1) is 12.3 Å². The normalized spacial score (nSPS) is 15.3. The van der Waals surface area contributed by atoms with Crippen molar-refractivity contribution in [2.45, 2.75) is 64.9 Å². The van der Waals surface area contributed by atoms with Crippen molar-refractivity contribution in [1.82, 2.24) is 9.29 Å². The maximum atomic E-state index is 13.8. The summed E-state index contributed by atoms with van der Waals surface area (Å²) in [4.78, 5) is 0. The molecule has 0 radical (unpaired) electrons. The first-order chi connectivity index (χ1) is 15.7. The van der Waals surface area contributed by atoms with Crippen LogP contribution in [0.2, 0.25) is 0 Å². The molecule has 184 valence electrons. The minimum absolute atomic E-state index is 0.0478. The third-order valence-electron chi connectivity index (χ3n) is 6.06. The Labute approximate surface area is 199 Å². The molecule has 1 saturated carbocycles. The molecule has 0 aliphatic heterocycles. The van der Waals surface area contributed by atoms with Crippen molar-refractivity contribution in [2.24, 2.45) is 5.41 Å². The van der Waals surface area contributed by atoms with Crippen LogP contribution in [-0.2, 0) is 29.2 Å². The highest BCUT2D eigenvalue weighted by molar-refractivity contribution is 7.90. The lowest BCUT2D eigenvalue weighted by Gasteiger charge is -2.20. The maximum Gasteiger partial charge on any atom is 0.417 e. The van der Waals surface area contributed by atoms with E-state index in [1.807, 2.05) is 18.3 Å². The molecule has 34 heavy (non-hydrogen) atoms. The van der Waals surface area contributed by atoms with Gasteiger partial charge in [-0.3, -0.25) is 0 Å². The van der Waals surface area contributed by atoms with Gasteiger partial charge in [0.2, 0.25) is 10.0 Å². The van der Waals surface area contributed by atoms with Crippen molar-refractivity contribution in [1.29, 1.82) is 0 Å². The Kier molecular flexibility index (Phi) is 6.36. The number of alkyl halides is 3. The summed E-state index contributed by atoms with van der Waals surface area (Å²) in [5.41, 5.74) is 2.36. The van der Waals surface area contributed by atoms with Crippen molar-refractivity contribution in [3.8, 4) is 11.1 Å². The molecule has 0 amide bonds. The summed E-state index contributed by atoms with van der Waals surface area (Å²) in [7, 11) is -3.26. The molecule has 3 aromatic rings. The predicted octanol–water partition coefficient (Wildman–Crippen LogP) is 6.31. The minimum Gasteiger partial charge on any atom is -0.347 e. The van der Waals surface area contributed by atoms with Gasteiger partial charge in [-0.25, -0.2) is 13.1 Å². The Morgan fingerprint density at radius 3 is 2.38 bits per heavy atom. The quantitative estimate of drug-likeness (QED) is 0.420. The molecule has 0 bridgehead atoms. The van der Waals surface area contributed by atoms with Crippen molar-refractivity contribution < 1.29 is 21.6 Å². The van der Waals surface area contributed by atoms with Gasteiger partial charge in [0.05, 0.1) is 10.8 Å². The van der Waals surface area contributed by atoms with Gasteiger partial charge < -0.3 is 4.57 Å². The summed E-state index contributed by atoms with van der Waals surface area (Å²) in [6.45, 7) is 8.95. The number of benzene rings is 2. The van der Waals surface area contributed by atoms with E-state index in [2.05, 4.69) is 30.1 Å². The molecular weight excluding hydrogens is 461 g/mol. The smallest absolute Gasteiger partial charge is 0.347 e. The van der Waals surface area contributed by atoms with Gasteiger partial charge in [0.15, 0.2) is 0 Å². The molecule has 1 N–H and O–H groups in total. The van der Waals surface area contributed by atoms with Crippen LogP contribution in [0.3, 0.4) is 0 Å². The molecule has 1 aliphatic carbocycles. The zero-order chi connectivity index (χ0) is 24.9. The minimum atomic E-state index is -4.45. The van der Waals surface area contributed by atoms with E-state index in [0.29, 0.717) is 43.5 Å². The molecule has 4 rings (SSSR count). The lowest BCUT2D eigenvalue weighted by Crippen LogP contribution is -2.29. The molecule has 1 fully saturated rings. The van der Waals surface area contributed by atoms with Gasteiger partial charge in [0.1, 0.15) is 0 Å². The van der Waals surface area contributed by atoms with Crippen LogP contribution in [0.4, 0.5) is 13.2 Å². The largest absolute Gasteiger partial charge is 0.417 e. The first-order valence-corrected chi connectivity index (χ1v) is 13.1. The third-order valence-corrected chi connectivity index (χ3v) is 8.02. The van der Waals surface area contributed by atoms with E-state index in [9.17, 15) is 21.6 Å². The van der Waals surface area contributed by atoms with E-state index < -0.39 is 21.8 Å². The lowest BCUT2D eigenvalue weighted by atomic mass is 9.95. The second-order valence-corrected chi connectivity index (χ2v) is 12.6. The summed E-state index contributed by atoms with van der Waals surface area (Å²) >= 11 is 0. The number of hydrogen-bond acceptors (Lipinski definition) is 2. The number of halogens is 3. The van der Waals surface area contributed by atoms with Crippen molar-refractivity contribution >= 4 is 20.9 Å². The molecule has 2 aromatic carbocycles. The monoisotopic (exact) mass is 492 g/mol. The van der Waals surface area contributed by atoms with Crippen LogP contribution in [0.15, 0.2) is 42.6 Å². The van der Waals surface area contributed by atoms with Gasteiger partial charge in [0.25, 0.3) is 0 Å². The number of hydrogen-bond donors (Lipinski definition) is 1. The summed E-state index contributed by atoms with van der Waals surface area (Å²) in [5.74, 6) is 0. The van der Waals surface area contributed by atoms with E-state index in [-0.39, 0.29) is 16.2 Å². The fourth-order valence-corrected chi connectivity index (χ4v) is 5.72. The first kappa shape index (κ1) is 24.8. The molecule has 0 unspecified atom stereocenters. The average molecular weight is 493 g/mol. The molecule has 1 aliphatic rings. The van der Waals surface area contributed by atoms with E-state index in [4.69, 9.17) is 0 Å². The molecule has 0 atom stereocenters. The van der Waals surface area contributed by atoms with Gasteiger partial charge in [0, 0.05) is 30.2 Å². The number of nitrogens with one attached hydrogen (secondary N) is 1. The topological polar surface area (TPSA) is 51.1 Å². The number of fused-ring (bicyclic) bond motifs is 1. The van der Waals surface area contributed by atoms with E-state index in [1.54, 1.807) is 19.1 Å². The van der Waals surface area contributed by atoms with Gasteiger partial charge in [-0.1, -0.05) is 50.6 Å². The molecule has 0 saturated heterocycles. The second-order valence-electron chi connectivity index (χ2n) is 10.5. The standard InChI is InChI=1S/C26H31F3N2O2S/c1-17-5-9-21(23(13-17)26(27,28)29)18-6-10-22-19(11-12-30-34(32,33)20-7-8-20)15-31(24(22)14-18)16-25(2,3)4/h5-6,9-10,13-15,20,30H,7-8,11-12,16H2,1-4H3. The second kappa shape index (κ2) is 8.72. The van der Waals surface area contributed by atoms with Gasteiger partial charge in [-0.2, -0.15) is 13.2 Å². The fraction of sp³-hybridized carbons (Fsp3) is 0.462. The van der Waals surface area contributed by atoms with Crippen LogP contribution < -0.4 is 4.72 Å². The van der Waals surface area contributed by atoms with Crippen LogP contribution in [0.25, 0.3) is 22.0 Å². The summed E-state index contributed by atoms with van der Waals surface area (Å²) in [6.07, 6.45) is -0.514. The highest BCUT2D eigenvalue weighted by Crippen LogP contribution is 2.39. The van der Waals surface area contributed by atoms with Crippen LogP contribution in [-0.4, -0.2) is 24.8 Å². The number of sulfonamides is 1. The zero-order valence-electron chi connectivity index (χ0n) is 20.0.